The van der Waals surface area contributed by atoms with Crippen molar-refractivity contribution in [3.63, 3.8) is 0 Å². The van der Waals surface area contributed by atoms with E-state index in [0.717, 1.165) is 36.2 Å². The highest BCUT2D eigenvalue weighted by Gasteiger charge is 2.32. The second-order valence-electron chi connectivity index (χ2n) is 6.90. The molecule has 1 heterocycles. The number of aliphatic hydroxyl groups excluding tert-OH is 1. The summed E-state index contributed by atoms with van der Waals surface area (Å²) in [4.78, 5) is 12.6. The van der Waals surface area contributed by atoms with Gasteiger partial charge in [0.1, 0.15) is 0 Å². The Morgan fingerprint density at radius 1 is 1.33 bits per heavy atom. The fourth-order valence-corrected chi connectivity index (χ4v) is 3.00. The lowest BCUT2D eigenvalue weighted by molar-refractivity contribution is 0.0949. The van der Waals surface area contributed by atoms with Crippen molar-refractivity contribution in [2.75, 3.05) is 0 Å². The molecule has 1 aliphatic carbocycles. The molecule has 1 fully saturated rings. The van der Waals surface area contributed by atoms with Gasteiger partial charge >= 0.3 is 0 Å². The van der Waals surface area contributed by atoms with Crippen LogP contribution in [0.5, 0.6) is 0 Å². The van der Waals surface area contributed by atoms with E-state index in [4.69, 9.17) is 0 Å². The number of amides is 1. The zero-order chi connectivity index (χ0) is 17.1. The number of carbonyl (C=O) groups excluding carboxylic acids is 1. The second-order valence-corrected chi connectivity index (χ2v) is 6.90. The number of aromatic nitrogens is 2. The van der Waals surface area contributed by atoms with Crippen LogP contribution in [0.4, 0.5) is 0 Å². The number of aliphatic hydroxyl groups is 1. The number of nitrogens with one attached hydrogen (secondary N) is 1. The van der Waals surface area contributed by atoms with Crippen LogP contribution in [0.15, 0.2) is 30.5 Å². The molecule has 2 aromatic rings. The normalized spacial score (nSPS) is 14.2. The lowest BCUT2D eigenvalue weighted by atomic mass is 10.1. The lowest BCUT2D eigenvalue weighted by Gasteiger charge is -2.12. The first-order valence-corrected chi connectivity index (χ1v) is 8.61. The monoisotopic (exact) mass is 327 g/mol. The van der Waals surface area contributed by atoms with Crippen LogP contribution in [0.3, 0.4) is 0 Å². The van der Waals surface area contributed by atoms with Crippen LogP contribution in [0, 0.1) is 5.92 Å². The maximum Gasteiger partial charge on any atom is 0.255 e. The Kier molecular flexibility index (Phi) is 5.00. The summed E-state index contributed by atoms with van der Waals surface area (Å²) in [5, 5.41) is 16.8. The van der Waals surface area contributed by atoms with E-state index in [-0.39, 0.29) is 12.5 Å². The summed E-state index contributed by atoms with van der Waals surface area (Å²) in [5.74, 6) is 0.881. The van der Waals surface area contributed by atoms with E-state index in [1.54, 1.807) is 6.20 Å². The van der Waals surface area contributed by atoms with E-state index in [2.05, 4.69) is 24.3 Å². The molecule has 1 amide bonds. The number of hydrogen-bond acceptors (Lipinski definition) is 3. The Bertz CT molecular complexity index is 717. The van der Waals surface area contributed by atoms with Gasteiger partial charge in [-0.25, -0.2) is 0 Å². The summed E-state index contributed by atoms with van der Waals surface area (Å²) in [6.45, 7) is 5.54. The third kappa shape index (κ3) is 3.67. The molecule has 0 bridgehead atoms. The van der Waals surface area contributed by atoms with Crippen molar-refractivity contribution < 1.29 is 9.90 Å². The van der Waals surface area contributed by atoms with E-state index in [9.17, 15) is 9.90 Å². The summed E-state index contributed by atoms with van der Waals surface area (Å²) in [7, 11) is 0. The third-order valence-electron chi connectivity index (χ3n) is 4.36. The quantitative estimate of drug-likeness (QED) is 0.822. The molecule has 24 heavy (non-hydrogen) atoms. The van der Waals surface area contributed by atoms with Crippen molar-refractivity contribution in [2.45, 2.75) is 52.3 Å². The first kappa shape index (κ1) is 16.7. The van der Waals surface area contributed by atoms with Crippen molar-refractivity contribution in [2.24, 2.45) is 5.92 Å². The highest BCUT2D eigenvalue weighted by Crippen LogP contribution is 2.41. The minimum absolute atomic E-state index is 0.0221. The van der Waals surface area contributed by atoms with Gasteiger partial charge in [0.25, 0.3) is 5.91 Å². The molecule has 0 aliphatic heterocycles. The van der Waals surface area contributed by atoms with E-state index >= 15 is 0 Å². The molecule has 5 heteroatoms. The SMILES string of the molecule is CC(C)Cn1ncc(C(=O)NCc2ccccc2CO)c1C1CC1. The molecule has 1 saturated carbocycles. The average molecular weight is 327 g/mol. The Morgan fingerprint density at radius 3 is 2.67 bits per heavy atom. The third-order valence-corrected chi connectivity index (χ3v) is 4.36. The summed E-state index contributed by atoms with van der Waals surface area (Å²) in [6.07, 6.45) is 3.97. The van der Waals surface area contributed by atoms with Gasteiger partial charge in [0.05, 0.1) is 24.1 Å². The van der Waals surface area contributed by atoms with Gasteiger partial charge in [-0.05, 0) is 29.9 Å². The highest BCUT2D eigenvalue weighted by atomic mass is 16.3. The van der Waals surface area contributed by atoms with Crippen molar-refractivity contribution in [3.05, 3.63) is 52.8 Å². The summed E-state index contributed by atoms with van der Waals surface area (Å²) in [5.41, 5.74) is 3.56. The van der Waals surface area contributed by atoms with Gasteiger partial charge in [0, 0.05) is 19.0 Å². The molecule has 128 valence electrons. The van der Waals surface area contributed by atoms with Gasteiger partial charge in [-0.15, -0.1) is 0 Å². The largest absolute Gasteiger partial charge is 0.392 e. The van der Waals surface area contributed by atoms with E-state index in [1.807, 2.05) is 28.9 Å². The molecule has 1 aromatic heterocycles. The molecule has 1 aliphatic rings. The number of rotatable bonds is 7. The molecular formula is C19H25N3O2. The summed E-state index contributed by atoms with van der Waals surface area (Å²) < 4.78 is 2.00. The van der Waals surface area contributed by atoms with Crippen LogP contribution in [0.1, 0.15) is 59.8 Å². The van der Waals surface area contributed by atoms with Crippen LogP contribution in [-0.2, 0) is 19.7 Å². The molecule has 1 aromatic carbocycles. The summed E-state index contributed by atoms with van der Waals surface area (Å²) in [6, 6.07) is 7.60. The van der Waals surface area contributed by atoms with Gasteiger partial charge in [0.2, 0.25) is 0 Å². The molecule has 0 radical (unpaired) electrons. The van der Waals surface area contributed by atoms with Crippen molar-refractivity contribution in [1.29, 1.82) is 0 Å². The number of nitrogens with zero attached hydrogens (tertiary/aromatic N) is 2. The number of carbonyl (C=O) groups is 1. The standard InChI is InChI=1S/C19H25N3O2/c1-13(2)11-22-18(14-7-8-14)17(10-21-22)19(24)20-9-15-5-3-4-6-16(15)12-23/h3-6,10,13-14,23H,7-9,11-12H2,1-2H3,(H,20,24). The predicted molar refractivity (Wildman–Crippen MR) is 92.6 cm³/mol. The molecule has 5 nitrogen and oxygen atoms in total. The van der Waals surface area contributed by atoms with E-state index in [0.29, 0.717) is 23.9 Å². The first-order chi connectivity index (χ1) is 11.6. The highest BCUT2D eigenvalue weighted by molar-refractivity contribution is 5.95. The maximum absolute atomic E-state index is 12.6. The van der Waals surface area contributed by atoms with E-state index in [1.165, 1.54) is 0 Å². The predicted octanol–water partition coefficient (Wildman–Crippen LogP) is 2.84. The smallest absolute Gasteiger partial charge is 0.255 e. The Labute approximate surface area is 142 Å². The van der Waals surface area contributed by atoms with Crippen molar-refractivity contribution >= 4 is 5.91 Å². The molecule has 0 unspecified atom stereocenters. The molecule has 0 atom stereocenters. The second kappa shape index (κ2) is 7.18. The van der Waals surface area contributed by atoms with Crippen molar-refractivity contribution in [3.8, 4) is 0 Å². The van der Waals surface area contributed by atoms with Crippen LogP contribution < -0.4 is 5.32 Å². The van der Waals surface area contributed by atoms with Crippen molar-refractivity contribution in [1.82, 2.24) is 15.1 Å². The lowest BCUT2D eigenvalue weighted by Crippen LogP contribution is -2.24. The number of benzene rings is 1. The summed E-state index contributed by atoms with van der Waals surface area (Å²) >= 11 is 0. The van der Waals surface area contributed by atoms with Crippen LogP contribution in [0.2, 0.25) is 0 Å². The first-order valence-electron chi connectivity index (χ1n) is 8.61. The van der Waals surface area contributed by atoms with Crippen LogP contribution in [0.25, 0.3) is 0 Å². The van der Waals surface area contributed by atoms with Crippen LogP contribution in [-0.4, -0.2) is 20.8 Å². The zero-order valence-corrected chi connectivity index (χ0v) is 14.3. The minimum atomic E-state index is -0.0837. The molecule has 0 saturated heterocycles. The Morgan fingerprint density at radius 2 is 2.04 bits per heavy atom. The fraction of sp³-hybridized carbons (Fsp3) is 0.474. The maximum atomic E-state index is 12.6. The fourth-order valence-electron chi connectivity index (χ4n) is 3.00. The Hall–Kier alpha value is -2.14. The van der Waals surface area contributed by atoms with Gasteiger partial charge in [-0.3, -0.25) is 9.48 Å². The topological polar surface area (TPSA) is 67.2 Å². The Balaban J connectivity index is 1.74. The van der Waals surface area contributed by atoms with Gasteiger partial charge in [0.15, 0.2) is 0 Å². The molecular weight excluding hydrogens is 302 g/mol. The molecule has 3 rings (SSSR count). The van der Waals surface area contributed by atoms with Gasteiger partial charge in [-0.2, -0.15) is 5.10 Å². The van der Waals surface area contributed by atoms with Gasteiger partial charge < -0.3 is 10.4 Å². The van der Waals surface area contributed by atoms with Gasteiger partial charge in [-0.1, -0.05) is 38.1 Å². The molecule has 2 N–H and O–H groups in total. The average Bonchev–Trinajstić information content (AvgIpc) is 3.33. The minimum Gasteiger partial charge on any atom is -0.392 e. The zero-order valence-electron chi connectivity index (χ0n) is 14.3. The molecule has 0 spiro atoms. The number of hydrogen-bond donors (Lipinski definition) is 2. The van der Waals surface area contributed by atoms with E-state index < -0.39 is 0 Å². The van der Waals surface area contributed by atoms with Crippen LogP contribution >= 0.6 is 0 Å².